The molecule has 0 amide bonds. The minimum atomic E-state index is -1.56. The van der Waals surface area contributed by atoms with Gasteiger partial charge in [0, 0.05) is 36.4 Å². The number of hydrogen-bond donors (Lipinski definition) is 0. The van der Waals surface area contributed by atoms with E-state index in [1.54, 1.807) is 0 Å². The summed E-state index contributed by atoms with van der Waals surface area (Å²) in [6.07, 6.45) is 4.51. The lowest BCUT2D eigenvalue weighted by Crippen LogP contribution is -2.40. The fourth-order valence-electron chi connectivity index (χ4n) is 2.04. The van der Waals surface area contributed by atoms with E-state index in [0.29, 0.717) is 5.04 Å². The number of nitrogens with zero attached hydrogens (tertiary/aromatic N) is 2. The molecule has 114 valence electrons. The first-order chi connectivity index (χ1) is 9.29. The lowest BCUT2D eigenvalue weighted by atomic mass is 10.2. The van der Waals surface area contributed by atoms with Gasteiger partial charge in [0.1, 0.15) is 0 Å². The van der Waals surface area contributed by atoms with E-state index in [4.69, 9.17) is 4.43 Å². The molecule has 0 fully saturated rings. The third-order valence-electron chi connectivity index (χ3n) is 4.47. The number of unbranched alkanes of at least 4 members (excludes halogenated alkanes) is 1. The molecule has 0 saturated heterocycles. The van der Waals surface area contributed by atoms with Crippen LogP contribution in [0.3, 0.4) is 0 Å². The van der Waals surface area contributed by atoms with Gasteiger partial charge in [0.05, 0.1) is 5.69 Å². The maximum Gasteiger partial charge on any atom is 0.191 e. The van der Waals surface area contributed by atoms with Gasteiger partial charge in [0.15, 0.2) is 8.32 Å². The molecule has 20 heavy (non-hydrogen) atoms. The van der Waals surface area contributed by atoms with E-state index in [2.05, 4.69) is 49.8 Å². The van der Waals surface area contributed by atoms with Gasteiger partial charge in [0.2, 0.25) is 0 Å². The predicted molar refractivity (Wildman–Crippen MR) is 89.6 cm³/mol. The smallest absolute Gasteiger partial charge is 0.191 e. The first kappa shape index (κ1) is 16.1. The maximum atomic E-state index is 6.20. The molecule has 1 aliphatic rings. The summed E-state index contributed by atoms with van der Waals surface area (Å²) in [6.45, 7) is 13.4. The summed E-state index contributed by atoms with van der Waals surface area (Å²) < 4.78 is 8.32. The highest BCUT2D eigenvalue weighted by molar-refractivity contribution is 7.98. The summed E-state index contributed by atoms with van der Waals surface area (Å²) in [6, 6.07) is 0. The van der Waals surface area contributed by atoms with Crippen LogP contribution >= 0.6 is 11.8 Å². The molecular formula is C15H28N2OSSi. The Kier molecular flexibility index (Phi) is 5.03. The average molecular weight is 313 g/mol. The van der Waals surface area contributed by atoms with Crippen LogP contribution in [0.5, 0.6) is 0 Å². The Morgan fingerprint density at radius 2 is 2.05 bits per heavy atom. The number of hydrogen-bond acceptors (Lipinski definition) is 3. The van der Waals surface area contributed by atoms with Gasteiger partial charge in [-0.25, -0.2) is 0 Å². The average Bonchev–Trinajstić information content (AvgIpc) is 2.87. The Morgan fingerprint density at radius 1 is 1.30 bits per heavy atom. The number of aryl methyl sites for hydroxylation is 1. The van der Waals surface area contributed by atoms with Crippen molar-refractivity contribution in [2.45, 2.75) is 69.8 Å². The Morgan fingerprint density at radius 3 is 2.70 bits per heavy atom. The van der Waals surface area contributed by atoms with Crippen LogP contribution < -0.4 is 0 Å². The summed E-state index contributed by atoms with van der Waals surface area (Å²) in [7, 11) is -1.56. The molecule has 1 aromatic heterocycles. The first-order valence-electron chi connectivity index (χ1n) is 7.56. The molecule has 1 aromatic rings. The minimum Gasteiger partial charge on any atom is -0.417 e. The van der Waals surface area contributed by atoms with E-state index in [9.17, 15) is 0 Å². The standard InChI is InChI=1S/C15H28N2OSSi/c1-15(2,3)20(4,5)18-9-7-6-8-17-10-13-11-19-12-14(13)16-17/h10H,6-9,11-12H2,1-5H3. The molecule has 0 atom stereocenters. The van der Waals surface area contributed by atoms with E-state index in [1.807, 2.05) is 11.8 Å². The van der Waals surface area contributed by atoms with Crippen molar-refractivity contribution < 1.29 is 4.43 Å². The highest BCUT2D eigenvalue weighted by Crippen LogP contribution is 2.36. The molecule has 0 bridgehead atoms. The van der Waals surface area contributed by atoms with Crippen LogP contribution in [-0.2, 0) is 22.5 Å². The monoisotopic (exact) mass is 312 g/mol. The number of rotatable bonds is 6. The van der Waals surface area contributed by atoms with Crippen LogP contribution in [0.1, 0.15) is 44.9 Å². The molecular weight excluding hydrogens is 284 g/mol. The molecule has 0 aromatic carbocycles. The molecule has 3 nitrogen and oxygen atoms in total. The minimum absolute atomic E-state index is 0.313. The molecule has 5 heteroatoms. The normalized spacial score (nSPS) is 15.7. The quantitative estimate of drug-likeness (QED) is 0.574. The molecule has 0 N–H and O–H groups in total. The van der Waals surface area contributed by atoms with Gasteiger partial charge in [-0.2, -0.15) is 16.9 Å². The molecule has 0 aliphatic carbocycles. The van der Waals surface area contributed by atoms with E-state index < -0.39 is 8.32 Å². The Hall–Kier alpha value is -0.263. The van der Waals surface area contributed by atoms with Crippen molar-refractivity contribution in [3.8, 4) is 0 Å². The van der Waals surface area contributed by atoms with Crippen LogP contribution in [0.2, 0.25) is 18.1 Å². The van der Waals surface area contributed by atoms with E-state index >= 15 is 0 Å². The summed E-state index contributed by atoms with van der Waals surface area (Å²) in [5.74, 6) is 2.24. The van der Waals surface area contributed by atoms with Gasteiger partial charge in [-0.1, -0.05) is 20.8 Å². The lowest BCUT2D eigenvalue weighted by molar-refractivity contribution is 0.275. The second-order valence-corrected chi connectivity index (χ2v) is 13.0. The molecule has 0 spiro atoms. The SMILES string of the molecule is CC(C)(C)[Si](C)(C)OCCCCn1cc2c(n1)CSC2. The highest BCUT2D eigenvalue weighted by Gasteiger charge is 2.36. The van der Waals surface area contributed by atoms with Crippen LogP contribution in [0.4, 0.5) is 0 Å². The summed E-state index contributed by atoms with van der Waals surface area (Å²) >= 11 is 1.96. The van der Waals surface area contributed by atoms with E-state index in [0.717, 1.165) is 37.5 Å². The molecule has 2 heterocycles. The zero-order chi connectivity index (χ0) is 14.8. The van der Waals surface area contributed by atoms with Gasteiger partial charge >= 0.3 is 0 Å². The first-order valence-corrected chi connectivity index (χ1v) is 11.6. The Labute approximate surface area is 128 Å². The molecule has 0 radical (unpaired) electrons. The van der Waals surface area contributed by atoms with Crippen molar-refractivity contribution in [1.82, 2.24) is 9.78 Å². The number of thioether (sulfide) groups is 1. The van der Waals surface area contributed by atoms with Gasteiger partial charge in [-0.05, 0) is 31.0 Å². The fraction of sp³-hybridized carbons (Fsp3) is 0.800. The van der Waals surface area contributed by atoms with Crippen LogP contribution in [-0.4, -0.2) is 24.7 Å². The summed E-state index contributed by atoms with van der Waals surface area (Å²) in [4.78, 5) is 0. The fourth-order valence-corrected chi connectivity index (χ4v) is 4.12. The van der Waals surface area contributed by atoms with Crippen LogP contribution in [0, 0.1) is 0 Å². The molecule has 0 unspecified atom stereocenters. The molecule has 2 rings (SSSR count). The van der Waals surface area contributed by atoms with Crippen molar-refractivity contribution in [2.75, 3.05) is 6.61 Å². The van der Waals surface area contributed by atoms with E-state index in [1.165, 1.54) is 11.3 Å². The Balaban J connectivity index is 1.67. The maximum absolute atomic E-state index is 6.20. The van der Waals surface area contributed by atoms with Gasteiger partial charge < -0.3 is 4.43 Å². The Bertz CT molecular complexity index is 430. The second-order valence-electron chi connectivity index (χ2n) is 7.17. The van der Waals surface area contributed by atoms with Crippen molar-refractivity contribution in [3.05, 3.63) is 17.5 Å². The molecule has 0 saturated carbocycles. The third kappa shape index (κ3) is 3.89. The van der Waals surface area contributed by atoms with Crippen LogP contribution in [0.15, 0.2) is 6.20 Å². The van der Waals surface area contributed by atoms with Gasteiger partial charge in [-0.3, -0.25) is 4.68 Å². The van der Waals surface area contributed by atoms with Crippen LogP contribution in [0.25, 0.3) is 0 Å². The van der Waals surface area contributed by atoms with E-state index in [-0.39, 0.29) is 0 Å². The topological polar surface area (TPSA) is 27.1 Å². The third-order valence-corrected chi connectivity index (χ3v) is 10.0. The zero-order valence-electron chi connectivity index (χ0n) is 13.5. The number of fused-ring (bicyclic) bond motifs is 1. The van der Waals surface area contributed by atoms with Gasteiger partial charge in [0.25, 0.3) is 0 Å². The van der Waals surface area contributed by atoms with Crippen molar-refractivity contribution in [1.29, 1.82) is 0 Å². The summed E-state index contributed by atoms with van der Waals surface area (Å²) in [5.41, 5.74) is 2.74. The lowest BCUT2D eigenvalue weighted by Gasteiger charge is -2.36. The summed E-state index contributed by atoms with van der Waals surface area (Å²) in [5, 5.41) is 4.95. The number of aromatic nitrogens is 2. The van der Waals surface area contributed by atoms with Crippen molar-refractivity contribution >= 4 is 20.1 Å². The zero-order valence-corrected chi connectivity index (χ0v) is 15.3. The van der Waals surface area contributed by atoms with Crippen molar-refractivity contribution in [2.24, 2.45) is 0 Å². The highest BCUT2D eigenvalue weighted by atomic mass is 32.2. The largest absolute Gasteiger partial charge is 0.417 e. The second kappa shape index (κ2) is 6.24. The van der Waals surface area contributed by atoms with Gasteiger partial charge in [-0.15, -0.1) is 0 Å². The predicted octanol–water partition coefficient (Wildman–Crippen LogP) is 4.43. The molecule has 1 aliphatic heterocycles. The van der Waals surface area contributed by atoms with Crippen molar-refractivity contribution in [3.63, 3.8) is 0 Å².